The second-order valence-corrected chi connectivity index (χ2v) is 8.84. The van der Waals surface area contributed by atoms with Gasteiger partial charge in [-0.25, -0.2) is 0 Å². The van der Waals surface area contributed by atoms with E-state index in [1.807, 2.05) is 6.07 Å². The van der Waals surface area contributed by atoms with E-state index in [0.717, 1.165) is 25.7 Å². The zero-order chi connectivity index (χ0) is 22.0. The van der Waals surface area contributed by atoms with Crippen LogP contribution in [0.4, 0.5) is 5.69 Å². The van der Waals surface area contributed by atoms with Crippen molar-refractivity contribution in [1.29, 1.82) is 0 Å². The van der Waals surface area contributed by atoms with E-state index in [-0.39, 0.29) is 30.3 Å². The average Bonchev–Trinajstić information content (AvgIpc) is 2.73. The lowest BCUT2D eigenvalue weighted by Gasteiger charge is -2.48. The number of nitrogens with one attached hydrogen (secondary N) is 2. The first-order chi connectivity index (χ1) is 14.9. The molecule has 1 heterocycles. The van der Waals surface area contributed by atoms with Crippen molar-refractivity contribution in [2.45, 2.75) is 50.2 Å². The van der Waals surface area contributed by atoms with Crippen molar-refractivity contribution in [1.82, 2.24) is 10.2 Å². The molecule has 0 spiro atoms. The van der Waals surface area contributed by atoms with Crippen molar-refractivity contribution >= 4 is 46.6 Å². The van der Waals surface area contributed by atoms with Crippen molar-refractivity contribution in [3.8, 4) is 0 Å². The highest BCUT2D eigenvalue weighted by molar-refractivity contribution is 6.35. The molecule has 2 aliphatic rings. The Morgan fingerprint density at radius 2 is 1.71 bits per heavy atom. The van der Waals surface area contributed by atoms with Crippen LogP contribution in [0.25, 0.3) is 0 Å². The lowest BCUT2D eigenvalue weighted by molar-refractivity contribution is -0.135. The number of rotatable bonds is 4. The van der Waals surface area contributed by atoms with Gasteiger partial charge in [-0.05, 0) is 43.2 Å². The molecule has 0 unspecified atom stereocenters. The lowest BCUT2D eigenvalue weighted by atomic mass is 9.84. The number of hydrogen-bond donors (Lipinski definition) is 2. The van der Waals surface area contributed by atoms with E-state index in [2.05, 4.69) is 10.6 Å². The summed E-state index contributed by atoms with van der Waals surface area (Å²) in [6.45, 7) is 0. The molecule has 1 aliphatic carbocycles. The van der Waals surface area contributed by atoms with Crippen molar-refractivity contribution in [3.05, 3.63) is 64.1 Å². The fourth-order valence-electron chi connectivity index (χ4n) is 4.48. The van der Waals surface area contributed by atoms with Gasteiger partial charge in [0.2, 0.25) is 11.8 Å². The minimum Gasteiger partial charge on any atom is -0.349 e. The number of anilines is 1. The van der Waals surface area contributed by atoms with E-state index >= 15 is 0 Å². The van der Waals surface area contributed by atoms with Crippen LogP contribution in [0.3, 0.4) is 0 Å². The fourth-order valence-corrected chi connectivity index (χ4v) is 5.00. The van der Waals surface area contributed by atoms with Crippen LogP contribution in [0.15, 0.2) is 48.5 Å². The summed E-state index contributed by atoms with van der Waals surface area (Å²) in [6, 6.07) is 12.5. The minimum absolute atomic E-state index is 0.0834. The predicted octanol–water partition coefficient (Wildman–Crippen LogP) is 4.27. The molecule has 3 atom stereocenters. The van der Waals surface area contributed by atoms with Crippen LogP contribution < -0.4 is 10.6 Å². The number of amides is 3. The number of carbonyl (C=O) groups excluding carboxylic acids is 3. The molecule has 0 radical (unpaired) electrons. The van der Waals surface area contributed by atoms with Crippen LogP contribution in [-0.2, 0) is 9.59 Å². The number of fused-ring (bicyclic) bond motifs is 1. The number of benzene rings is 2. The third-order valence-electron chi connectivity index (χ3n) is 5.83. The third kappa shape index (κ3) is 4.86. The number of piperazine rings is 1. The highest BCUT2D eigenvalue weighted by Gasteiger charge is 2.46. The predicted molar refractivity (Wildman–Crippen MR) is 120 cm³/mol. The quantitative estimate of drug-likeness (QED) is 0.715. The van der Waals surface area contributed by atoms with Gasteiger partial charge < -0.3 is 15.5 Å². The van der Waals surface area contributed by atoms with E-state index in [4.69, 9.17) is 23.2 Å². The molecule has 2 aromatic carbocycles. The van der Waals surface area contributed by atoms with Gasteiger partial charge in [-0.1, -0.05) is 54.2 Å². The molecule has 3 amide bonds. The van der Waals surface area contributed by atoms with Crippen molar-refractivity contribution in [3.63, 3.8) is 0 Å². The van der Waals surface area contributed by atoms with Crippen molar-refractivity contribution in [2.75, 3.05) is 5.32 Å². The Bertz CT molecular complexity index is 979. The summed E-state index contributed by atoms with van der Waals surface area (Å²) < 4.78 is 0. The van der Waals surface area contributed by atoms with Gasteiger partial charge in [0, 0.05) is 27.3 Å². The maximum Gasteiger partial charge on any atom is 0.254 e. The number of hydrogen-bond acceptors (Lipinski definition) is 3. The molecule has 31 heavy (non-hydrogen) atoms. The summed E-state index contributed by atoms with van der Waals surface area (Å²) in [5.41, 5.74) is 0.948. The Hall–Kier alpha value is -2.57. The maximum absolute atomic E-state index is 13.4. The Morgan fingerprint density at radius 3 is 2.42 bits per heavy atom. The van der Waals surface area contributed by atoms with Gasteiger partial charge in [-0.3, -0.25) is 14.4 Å². The SMILES string of the molecule is O=C(C[C@H]1C(=O)N[C@H]2CCCC[C@@H]2N1C(=O)c1ccccc1)Nc1cc(Cl)cc(Cl)c1. The van der Waals surface area contributed by atoms with Crippen molar-refractivity contribution < 1.29 is 14.4 Å². The minimum atomic E-state index is -0.887. The van der Waals surface area contributed by atoms with Crippen LogP contribution in [0.1, 0.15) is 42.5 Å². The first kappa shape index (κ1) is 21.7. The lowest BCUT2D eigenvalue weighted by Crippen LogP contribution is -2.68. The molecule has 2 aromatic rings. The maximum atomic E-state index is 13.4. The van der Waals surface area contributed by atoms with Crippen molar-refractivity contribution in [2.24, 2.45) is 0 Å². The van der Waals surface area contributed by atoms with E-state index < -0.39 is 11.9 Å². The summed E-state index contributed by atoms with van der Waals surface area (Å²) in [5.74, 6) is -0.915. The molecule has 8 heteroatoms. The van der Waals surface area contributed by atoms with Crippen LogP contribution in [0.2, 0.25) is 10.0 Å². The van der Waals surface area contributed by atoms with E-state index in [1.165, 1.54) is 0 Å². The molecule has 0 bridgehead atoms. The monoisotopic (exact) mass is 459 g/mol. The Morgan fingerprint density at radius 1 is 1.03 bits per heavy atom. The number of carbonyl (C=O) groups is 3. The van der Waals surface area contributed by atoms with Gasteiger partial charge in [-0.2, -0.15) is 0 Å². The van der Waals surface area contributed by atoms with Crippen LogP contribution in [0.5, 0.6) is 0 Å². The summed E-state index contributed by atoms with van der Waals surface area (Å²) in [7, 11) is 0. The van der Waals surface area contributed by atoms with Gasteiger partial charge in [-0.15, -0.1) is 0 Å². The summed E-state index contributed by atoms with van der Waals surface area (Å²) in [5, 5.41) is 6.56. The average molecular weight is 460 g/mol. The van der Waals surface area contributed by atoms with Gasteiger partial charge in [0.15, 0.2) is 0 Å². The number of nitrogens with zero attached hydrogens (tertiary/aromatic N) is 1. The summed E-state index contributed by atoms with van der Waals surface area (Å²) in [6.07, 6.45) is 3.46. The van der Waals surface area contributed by atoms with E-state index in [0.29, 0.717) is 21.3 Å². The molecule has 4 rings (SSSR count). The first-order valence-electron chi connectivity index (χ1n) is 10.4. The third-order valence-corrected chi connectivity index (χ3v) is 6.27. The molecule has 6 nitrogen and oxygen atoms in total. The number of halogens is 2. The largest absolute Gasteiger partial charge is 0.349 e. The topological polar surface area (TPSA) is 78.5 Å². The molecule has 1 aliphatic heterocycles. The van der Waals surface area contributed by atoms with E-state index in [9.17, 15) is 14.4 Å². The van der Waals surface area contributed by atoms with E-state index in [1.54, 1.807) is 47.4 Å². The van der Waals surface area contributed by atoms with Gasteiger partial charge in [0.1, 0.15) is 6.04 Å². The first-order valence-corrected chi connectivity index (χ1v) is 11.1. The van der Waals surface area contributed by atoms with Crippen LogP contribution >= 0.6 is 23.2 Å². The highest BCUT2D eigenvalue weighted by Crippen LogP contribution is 2.31. The normalized spacial score (nSPS) is 23.0. The summed E-state index contributed by atoms with van der Waals surface area (Å²) >= 11 is 12.0. The van der Waals surface area contributed by atoms with Gasteiger partial charge >= 0.3 is 0 Å². The Kier molecular flexibility index (Phi) is 6.49. The zero-order valence-corrected chi connectivity index (χ0v) is 18.3. The smallest absolute Gasteiger partial charge is 0.254 e. The molecule has 2 N–H and O–H groups in total. The fraction of sp³-hybridized carbons (Fsp3) is 0.348. The van der Waals surface area contributed by atoms with Gasteiger partial charge in [0.05, 0.1) is 12.5 Å². The molecule has 162 valence electrons. The second-order valence-electron chi connectivity index (χ2n) is 7.97. The Labute approximate surface area is 190 Å². The molecular formula is C23H23Cl2N3O3. The standard InChI is InChI=1S/C23H23Cl2N3O3/c24-15-10-16(25)12-17(11-15)26-21(29)13-20-22(30)27-18-8-4-5-9-19(18)28(20)23(31)14-6-2-1-3-7-14/h1-3,6-7,10-12,18-20H,4-5,8-9,13H2,(H,26,29)(H,27,30)/t18-,19-,20-/m0/s1. The second kappa shape index (κ2) is 9.28. The zero-order valence-electron chi connectivity index (χ0n) is 16.8. The van der Waals surface area contributed by atoms with Gasteiger partial charge in [0.25, 0.3) is 5.91 Å². The van der Waals surface area contributed by atoms with Crippen LogP contribution in [-0.4, -0.2) is 40.7 Å². The van der Waals surface area contributed by atoms with Crippen LogP contribution in [0, 0.1) is 0 Å². The summed E-state index contributed by atoms with van der Waals surface area (Å²) in [4.78, 5) is 40.8. The molecular weight excluding hydrogens is 437 g/mol. The molecule has 1 saturated heterocycles. The Balaban J connectivity index is 1.59. The molecule has 1 saturated carbocycles. The highest BCUT2D eigenvalue weighted by atomic mass is 35.5. The molecule has 0 aromatic heterocycles. The molecule has 2 fully saturated rings.